The van der Waals surface area contributed by atoms with Gasteiger partial charge in [-0.3, -0.25) is 4.79 Å². The molecule has 0 aliphatic rings. The first kappa shape index (κ1) is 12.4. The summed E-state index contributed by atoms with van der Waals surface area (Å²) in [4.78, 5) is 11.2. The van der Waals surface area contributed by atoms with E-state index in [0.717, 1.165) is 6.42 Å². The number of rotatable bonds is 5. The molecule has 0 saturated carbocycles. The third-order valence-corrected chi connectivity index (χ3v) is 2.35. The van der Waals surface area contributed by atoms with Crippen molar-refractivity contribution in [1.82, 2.24) is 10.6 Å². The van der Waals surface area contributed by atoms with Crippen LogP contribution in [0.4, 0.5) is 0 Å². The van der Waals surface area contributed by atoms with Crippen molar-refractivity contribution in [3.8, 4) is 0 Å². The van der Waals surface area contributed by atoms with E-state index in [0.29, 0.717) is 12.0 Å². The van der Waals surface area contributed by atoms with Gasteiger partial charge in [0, 0.05) is 13.1 Å². The molecule has 2 atom stereocenters. The van der Waals surface area contributed by atoms with E-state index in [-0.39, 0.29) is 11.9 Å². The number of likely N-dealkylation sites (N-methyl/N-ethyl adjacent to an activating group) is 1. The molecular weight excluding hydrogens is 164 g/mol. The molecule has 0 aromatic carbocycles. The van der Waals surface area contributed by atoms with E-state index in [1.54, 1.807) is 7.05 Å². The van der Waals surface area contributed by atoms with Crippen molar-refractivity contribution in [3.05, 3.63) is 0 Å². The maximum Gasteiger partial charge on any atom is 0.236 e. The molecule has 2 N–H and O–H groups in total. The van der Waals surface area contributed by atoms with E-state index in [1.807, 2.05) is 6.92 Å². The molecule has 0 aromatic rings. The average Bonchev–Trinajstić information content (AvgIpc) is 2.11. The quantitative estimate of drug-likeness (QED) is 0.676. The van der Waals surface area contributed by atoms with E-state index >= 15 is 0 Å². The predicted octanol–water partition coefficient (Wildman–Crippen LogP) is 1.15. The van der Waals surface area contributed by atoms with Gasteiger partial charge in [-0.25, -0.2) is 0 Å². The van der Waals surface area contributed by atoms with Crippen LogP contribution in [0.1, 0.15) is 34.1 Å². The zero-order valence-corrected chi connectivity index (χ0v) is 9.35. The molecule has 13 heavy (non-hydrogen) atoms. The van der Waals surface area contributed by atoms with Gasteiger partial charge in [-0.2, -0.15) is 0 Å². The van der Waals surface area contributed by atoms with Gasteiger partial charge in [0.1, 0.15) is 0 Å². The van der Waals surface area contributed by atoms with Gasteiger partial charge in [-0.05, 0) is 19.3 Å². The molecule has 0 bridgehead atoms. The van der Waals surface area contributed by atoms with E-state index in [9.17, 15) is 4.79 Å². The van der Waals surface area contributed by atoms with Crippen LogP contribution >= 0.6 is 0 Å². The zero-order chi connectivity index (χ0) is 10.4. The second kappa shape index (κ2) is 5.97. The van der Waals surface area contributed by atoms with Gasteiger partial charge in [-0.15, -0.1) is 0 Å². The monoisotopic (exact) mass is 186 g/mol. The Morgan fingerprint density at radius 3 is 2.15 bits per heavy atom. The lowest BCUT2D eigenvalue weighted by atomic mass is 10.0. The Morgan fingerprint density at radius 1 is 1.31 bits per heavy atom. The molecule has 1 amide bonds. The third kappa shape index (κ3) is 4.27. The fourth-order valence-electron chi connectivity index (χ4n) is 1.40. The lowest BCUT2D eigenvalue weighted by Gasteiger charge is -2.24. The van der Waals surface area contributed by atoms with Crippen LogP contribution in [-0.4, -0.2) is 25.0 Å². The summed E-state index contributed by atoms with van der Waals surface area (Å²) in [6, 6.07) is 0.324. The number of amides is 1. The molecule has 0 aliphatic heterocycles. The molecule has 3 nitrogen and oxygen atoms in total. The summed E-state index contributed by atoms with van der Waals surface area (Å²) in [6.45, 7) is 8.35. The van der Waals surface area contributed by atoms with Crippen molar-refractivity contribution < 1.29 is 4.79 Å². The van der Waals surface area contributed by atoms with Gasteiger partial charge in [-0.1, -0.05) is 20.8 Å². The van der Waals surface area contributed by atoms with Crippen LogP contribution in [0.5, 0.6) is 0 Å². The maximum atomic E-state index is 11.2. The molecule has 0 aliphatic carbocycles. The van der Waals surface area contributed by atoms with Crippen LogP contribution in [0.2, 0.25) is 0 Å². The highest BCUT2D eigenvalue weighted by Gasteiger charge is 2.17. The topological polar surface area (TPSA) is 41.1 Å². The van der Waals surface area contributed by atoms with Crippen molar-refractivity contribution in [2.45, 2.75) is 46.2 Å². The molecule has 0 fully saturated rings. The summed E-state index contributed by atoms with van der Waals surface area (Å²) in [5.74, 6) is 0.621. The Morgan fingerprint density at radius 2 is 1.85 bits per heavy atom. The van der Waals surface area contributed by atoms with E-state index < -0.39 is 0 Å². The molecule has 3 heteroatoms. The van der Waals surface area contributed by atoms with Crippen LogP contribution < -0.4 is 10.6 Å². The summed E-state index contributed by atoms with van der Waals surface area (Å²) >= 11 is 0. The van der Waals surface area contributed by atoms with Gasteiger partial charge in [0.05, 0.1) is 6.04 Å². The van der Waals surface area contributed by atoms with Gasteiger partial charge < -0.3 is 10.6 Å². The van der Waals surface area contributed by atoms with Crippen LogP contribution in [-0.2, 0) is 4.79 Å². The first-order valence-electron chi connectivity index (χ1n) is 5.00. The van der Waals surface area contributed by atoms with Crippen molar-refractivity contribution >= 4 is 5.91 Å². The fraction of sp³-hybridized carbons (Fsp3) is 0.900. The van der Waals surface area contributed by atoms with Crippen molar-refractivity contribution in [3.63, 3.8) is 0 Å². The number of hydrogen-bond acceptors (Lipinski definition) is 2. The normalized spacial score (nSPS) is 15.5. The Kier molecular flexibility index (Phi) is 5.71. The molecule has 0 radical (unpaired) electrons. The van der Waals surface area contributed by atoms with Crippen molar-refractivity contribution in [2.24, 2.45) is 5.92 Å². The highest BCUT2D eigenvalue weighted by Crippen LogP contribution is 2.06. The van der Waals surface area contributed by atoms with Gasteiger partial charge >= 0.3 is 0 Å². The highest BCUT2D eigenvalue weighted by molar-refractivity contribution is 5.80. The summed E-state index contributed by atoms with van der Waals surface area (Å²) < 4.78 is 0. The van der Waals surface area contributed by atoms with Crippen LogP contribution in [0.15, 0.2) is 0 Å². The Labute approximate surface area is 81.3 Å². The standard InChI is InChI=1S/C10H22N2O/c1-6-9(7(2)3)12-8(4)10(13)11-5/h7-9,12H,6H2,1-5H3,(H,11,13). The van der Waals surface area contributed by atoms with E-state index in [4.69, 9.17) is 0 Å². The van der Waals surface area contributed by atoms with E-state index in [2.05, 4.69) is 31.4 Å². The van der Waals surface area contributed by atoms with Crippen LogP contribution in [0.3, 0.4) is 0 Å². The molecule has 0 aromatic heterocycles. The predicted molar refractivity (Wildman–Crippen MR) is 55.6 cm³/mol. The maximum absolute atomic E-state index is 11.2. The average molecular weight is 186 g/mol. The Balaban J connectivity index is 4.00. The molecule has 2 unspecified atom stereocenters. The van der Waals surface area contributed by atoms with Crippen LogP contribution in [0.25, 0.3) is 0 Å². The van der Waals surface area contributed by atoms with Gasteiger partial charge in [0.2, 0.25) is 5.91 Å². The number of carbonyl (C=O) groups is 1. The first-order valence-corrected chi connectivity index (χ1v) is 5.00. The number of hydrogen-bond donors (Lipinski definition) is 2. The lowest BCUT2D eigenvalue weighted by molar-refractivity contribution is -0.122. The van der Waals surface area contributed by atoms with Crippen molar-refractivity contribution in [2.75, 3.05) is 7.05 Å². The summed E-state index contributed by atoms with van der Waals surface area (Å²) in [5, 5.41) is 5.94. The molecule has 78 valence electrons. The number of nitrogens with one attached hydrogen (secondary N) is 2. The second-order valence-electron chi connectivity index (χ2n) is 3.76. The van der Waals surface area contributed by atoms with E-state index in [1.165, 1.54) is 0 Å². The minimum Gasteiger partial charge on any atom is -0.358 e. The molecule has 0 saturated heterocycles. The largest absolute Gasteiger partial charge is 0.358 e. The fourth-order valence-corrected chi connectivity index (χ4v) is 1.40. The zero-order valence-electron chi connectivity index (χ0n) is 9.35. The number of carbonyl (C=O) groups excluding carboxylic acids is 1. The minimum absolute atomic E-state index is 0.0547. The summed E-state index contributed by atoms with van der Waals surface area (Å²) in [5.41, 5.74) is 0. The Hall–Kier alpha value is -0.570. The molecular formula is C10H22N2O. The van der Waals surface area contributed by atoms with Crippen LogP contribution in [0, 0.1) is 5.92 Å². The highest BCUT2D eigenvalue weighted by atomic mass is 16.2. The van der Waals surface area contributed by atoms with Gasteiger partial charge in [0.25, 0.3) is 0 Å². The van der Waals surface area contributed by atoms with Crippen molar-refractivity contribution in [1.29, 1.82) is 0 Å². The SMILES string of the molecule is CCC(NC(C)C(=O)NC)C(C)C. The first-order chi connectivity index (χ1) is 6.02. The minimum atomic E-state index is -0.0997. The molecule has 0 heterocycles. The Bertz CT molecular complexity index is 157. The lowest BCUT2D eigenvalue weighted by Crippen LogP contribution is -2.47. The third-order valence-electron chi connectivity index (χ3n) is 2.35. The van der Waals surface area contributed by atoms with Gasteiger partial charge in [0.15, 0.2) is 0 Å². The summed E-state index contributed by atoms with van der Waals surface area (Å²) in [6.07, 6.45) is 1.05. The smallest absolute Gasteiger partial charge is 0.236 e. The molecule has 0 spiro atoms. The second-order valence-corrected chi connectivity index (χ2v) is 3.76. The molecule has 0 rings (SSSR count). The summed E-state index contributed by atoms with van der Waals surface area (Å²) in [7, 11) is 1.66.